The number of aromatic nitrogens is 1. The van der Waals surface area contributed by atoms with Crippen molar-refractivity contribution in [1.29, 1.82) is 0 Å². The Bertz CT molecular complexity index is 1240. The van der Waals surface area contributed by atoms with Crippen LogP contribution in [0.5, 0.6) is 5.75 Å². The molecule has 1 aromatic heterocycles. The summed E-state index contributed by atoms with van der Waals surface area (Å²) in [5, 5.41) is 0. The largest absolute Gasteiger partial charge is 0.492 e. The quantitative estimate of drug-likeness (QED) is 0.580. The van der Waals surface area contributed by atoms with E-state index in [4.69, 9.17) is 4.74 Å². The van der Waals surface area contributed by atoms with Gasteiger partial charge in [-0.25, -0.2) is 8.42 Å². The lowest BCUT2D eigenvalue weighted by molar-refractivity contribution is 0.0998. The third-order valence-electron chi connectivity index (χ3n) is 4.79. The van der Waals surface area contributed by atoms with Gasteiger partial charge in [-0.05, 0) is 57.2 Å². The van der Waals surface area contributed by atoms with Crippen LogP contribution in [0.3, 0.4) is 0 Å². The van der Waals surface area contributed by atoms with Crippen LogP contribution in [-0.2, 0) is 17.1 Å². The number of aryl methyl sites for hydroxylation is 1. The predicted molar refractivity (Wildman–Crippen MR) is 118 cm³/mol. The lowest BCUT2D eigenvalue weighted by atomic mass is 10.2. The monoisotopic (exact) mass is 447 g/mol. The highest BCUT2D eigenvalue weighted by atomic mass is 32.2. The van der Waals surface area contributed by atoms with Crippen LogP contribution >= 0.6 is 11.3 Å². The molecule has 0 bridgehead atoms. The number of benzene rings is 2. The number of fused-ring (bicyclic) bond motifs is 1. The average Bonchev–Trinajstić information content (AvgIpc) is 3.04. The van der Waals surface area contributed by atoms with Crippen molar-refractivity contribution in [2.75, 3.05) is 13.7 Å². The van der Waals surface area contributed by atoms with E-state index in [9.17, 15) is 13.2 Å². The molecule has 1 heterocycles. The minimum absolute atomic E-state index is 0.143. The summed E-state index contributed by atoms with van der Waals surface area (Å²) in [5.41, 5.74) is 1.21. The molecule has 0 aliphatic rings. The van der Waals surface area contributed by atoms with E-state index in [0.29, 0.717) is 17.0 Å². The van der Waals surface area contributed by atoms with Gasteiger partial charge in [-0.2, -0.15) is 9.30 Å². The van der Waals surface area contributed by atoms with Crippen LogP contribution in [0.2, 0.25) is 0 Å². The minimum atomic E-state index is -3.60. The fourth-order valence-corrected chi connectivity index (χ4v) is 5.31. The Morgan fingerprint density at radius 3 is 2.47 bits per heavy atom. The second kappa shape index (κ2) is 8.71. The van der Waals surface area contributed by atoms with Gasteiger partial charge in [0, 0.05) is 25.7 Å². The molecule has 1 amide bonds. The number of thiazole rings is 1. The van der Waals surface area contributed by atoms with Gasteiger partial charge in [-0.1, -0.05) is 17.4 Å². The Morgan fingerprint density at radius 1 is 1.20 bits per heavy atom. The lowest BCUT2D eigenvalue weighted by Gasteiger charge is -2.20. The first-order valence-corrected chi connectivity index (χ1v) is 11.8. The van der Waals surface area contributed by atoms with Gasteiger partial charge < -0.3 is 9.30 Å². The van der Waals surface area contributed by atoms with Crippen LogP contribution in [0.25, 0.3) is 10.2 Å². The number of carbonyl (C=O) groups excluding carboxylic acids is 1. The molecule has 2 aromatic carbocycles. The van der Waals surface area contributed by atoms with Crippen molar-refractivity contribution in [3.05, 3.63) is 52.8 Å². The second-order valence-electron chi connectivity index (χ2n) is 7.04. The van der Waals surface area contributed by atoms with Crippen molar-refractivity contribution in [2.24, 2.45) is 12.0 Å². The summed E-state index contributed by atoms with van der Waals surface area (Å²) in [4.78, 5) is 17.6. The van der Waals surface area contributed by atoms with Gasteiger partial charge >= 0.3 is 0 Å². The van der Waals surface area contributed by atoms with Gasteiger partial charge in [0.1, 0.15) is 11.3 Å². The highest BCUT2D eigenvalue weighted by molar-refractivity contribution is 7.89. The van der Waals surface area contributed by atoms with E-state index < -0.39 is 15.9 Å². The van der Waals surface area contributed by atoms with Crippen LogP contribution in [0, 0.1) is 0 Å². The molecule has 9 heteroatoms. The van der Waals surface area contributed by atoms with E-state index in [1.807, 2.05) is 36.7 Å². The zero-order valence-electron chi connectivity index (χ0n) is 17.6. The summed E-state index contributed by atoms with van der Waals surface area (Å²) in [6.07, 6.45) is 0. The zero-order chi connectivity index (χ0) is 22.1. The molecule has 0 radical (unpaired) electrons. The van der Waals surface area contributed by atoms with Gasteiger partial charge in [0.25, 0.3) is 5.91 Å². The van der Waals surface area contributed by atoms with E-state index in [-0.39, 0.29) is 10.9 Å². The molecule has 3 rings (SSSR count). The normalized spacial score (nSPS) is 12.8. The summed E-state index contributed by atoms with van der Waals surface area (Å²) < 4.78 is 34.9. The molecule has 0 N–H and O–H groups in total. The number of amides is 1. The van der Waals surface area contributed by atoms with E-state index >= 15 is 0 Å². The third kappa shape index (κ3) is 4.19. The maximum atomic E-state index is 12.7. The van der Waals surface area contributed by atoms with Gasteiger partial charge in [-0.3, -0.25) is 4.79 Å². The van der Waals surface area contributed by atoms with Gasteiger partial charge in [0.15, 0.2) is 4.80 Å². The van der Waals surface area contributed by atoms with Crippen LogP contribution in [0.15, 0.2) is 52.4 Å². The predicted octanol–water partition coefficient (Wildman–Crippen LogP) is 3.41. The Balaban J connectivity index is 1.96. The number of ether oxygens (including phenoxy) is 1. The SMILES string of the molecule is CCOc1cccc2sc(=NC(=O)c3ccc(S(=O)(=O)N(C)C(C)C)cc3)n(C)c12. The molecule has 0 saturated heterocycles. The van der Waals surface area contributed by atoms with E-state index in [2.05, 4.69) is 4.99 Å². The Morgan fingerprint density at radius 2 is 1.87 bits per heavy atom. The molecule has 7 nitrogen and oxygen atoms in total. The van der Waals surface area contributed by atoms with E-state index in [1.54, 1.807) is 13.8 Å². The molecule has 0 aliphatic heterocycles. The first-order valence-electron chi connectivity index (χ1n) is 9.55. The van der Waals surface area contributed by atoms with Crippen molar-refractivity contribution in [2.45, 2.75) is 31.7 Å². The Hall–Kier alpha value is -2.49. The number of sulfonamides is 1. The Kier molecular flexibility index (Phi) is 6.44. The zero-order valence-corrected chi connectivity index (χ0v) is 19.3. The van der Waals surface area contributed by atoms with Crippen molar-refractivity contribution < 1.29 is 17.9 Å². The number of para-hydroxylation sites is 1. The summed E-state index contributed by atoms with van der Waals surface area (Å²) in [6.45, 7) is 6.07. The standard InChI is InChI=1S/C21H25N3O4S2/c1-6-28-17-8-7-9-18-19(17)23(4)21(29-18)22-20(25)15-10-12-16(13-11-15)30(26,27)24(5)14(2)3/h7-14H,6H2,1-5H3. The molecule has 0 fully saturated rings. The van der Waals surface area contributed by atoms with Crippen molar-refractivity contribution in [3.63, 3.8) is 0 Å². The molecule has 0 saturated carbocycles. The fraction of sp³-hybridized carbons (Fsp3) is 0.333. The Labute approximate surface area is 180 Å². The minimum Gasteiger partial charge on any atom is -0.492 e. The van der Waals surface area contributed by atoms with E-state index in [0.717, 1.165) is 16.0 Å². The highest BCUT2D eigenvalue weighted by Crippen LogP contribution is 2.27. The highest BCUT2D eigenvalue weighted by Gasteiger charge is 2.23. The van der Waals surface area contributed by atoms with Gasteiger partial charge in [0.2, 0.25) is 10.0 Å². The summed E-state index contributed by atoms with van der Waals surface area (Å²) in [5.74, 6) is 0.308. The molecular weight excluding hydrogens is 422 g/mol. The number of nitrogens with zero attached hydrogens (tertiary/aromatic N) is 3. The topological polar surface area (TPSA) is 81.0 Å². The number of rotatable bonds is 6. The maximum absolute atomic E-state index is 12.7. The maximum Gasteiger partial charge on any atom is 0.279 e. The summed E-state index contributed by atoms with van der Waals surface area (Å²) in [7, 11) is -0.226. The van der Waals surface area contributed by atoms with Crippen molar-refractivity contribution >= 4 is 37.5 Å². The van der Waals surface area contributed by atoms with Crippen molar-refractivity contribution in [1.82, 2.24) is 8.87 Å². The van der Waals surface area contributed by atoms with Crippen LogP contribution in [0.1, 0.15) is 31.1 Å². The van der Waals surface area contributed by atoms with Crippen LogP contribution in [-0.4, -0.2) is 42.9 Å². The second-order valence-corrected chi connectivity index (χ2v) is 10.0. The van der Waals surface area contributed by atoms with Crippen LogP contribution < -0.4 is 9.54 Å². The molecule has 160 valence electrons. The van der Waals surface area contributed by atoms with Gasteiger partial charge in [-0.15, -0.1) is 0 Å². The molecule has 0 atom stereocenters. The van der Waals surface area contributed by atoms with Gasteiger partial charge in [0.05, 0.1) is 16.2 Å². The molecule has 0 spiro atoms. The van der Waals surface area contributed by atoms with E-state index in [1.165, 1.54) is 47.0 Å². The lowest BCUT2D eigenvalue weighted by Crippen LogP contribution is -2.33. The molecule has 3 aromatic rings. The average molecular weight is 448 g/mol. The number of hydrogen-bond donors (Lipinski definition) is 0. The molecule has 0 aliphatic carbocycles. The van der Waals surface area contributed by atoms with Crippen LogP contribution in [0.4, 0.5) is 0 Å². The third-order valence-corrected chi connectivity index (χ3v) is 7.93. The smallest absolute Gasteiger partial charge is 0.279 e. The molecule has 30 heavy (non-hydrogen) atoms. The number of hydrogen-bond acceptors (Lipinski definition) is 5. The first-order chi connectivity index (χ1) is 14.2. The molecular formula is C21H25N3O4S2. The first kappa shape index (κ1) is 22.2. The van der Waals surface area contributed by atoms with Crippen molar-refractivity contribution in [3.8, 4) is 5.75 Å². The molecule has 0 unspecified atom stereocenters. The number of carbonyl (C=O) groups is 1. The summed E-state index contributed by atoms with van der Waals surface area (Å²) >= 11 is 1.39. The summed E-state index contributed by atoms with van der Waals surface area (Å²) in [6, 6.07) is 11.4. The fourth-order valence-electron chi connectivity index (χ4n) is 2.91.